The highest BCUT2D eigenvalue weighted by Gasteiger charge is 2.24. The van der Waals surface area contributed by atoms with Crippen LogP contribution in [0.15, 0.2) is 41.3 Å². The molecule has 1 unspecified atom stereocenters. The molecule has 1 rings (SSSR count). The zero-order valence-electron chi connectivity index (χ0n) is 13.2. The summed E-state index contributed by atoms with van der Waals surface area (Å²) in [5, 5.41) is 0. The molecular formula is C16H22O5S. The fourth-order valence-electron chi connectivity index (χ4n) is 1.65. The summed E-state index contributed by atoms with van der Waals surface area (Å²) in [6.07, 6.45) is 0.221. The molecule has 0 fully saturated rings. The highest BCUT2D eigenvalue weighted by Crippen LogP contribution is 2.15. The van der Waals surface area contributed by atoms with Gasteiger partial charge in [0.1, 0.15) is 0 Å². The molecule has 122 valence electrons. The van der Waals surface area contributed by atoms with Gasteiger partial charge in [-0.1, -0.05) is 23.3 Å². The minimum Gasteiger partial charge on any atom is -0.464 e. The maximum absolute atomic E-state index is 12.0. The number of carbonyl (C=O) groups excluding carboxylic acids is 1. The van der Waals surface area contributed by atoms with Crippen LogP contribution < -0.4 is 0 Å². The molecule has 0 amide bonds. The van der Waals surface area contributed by atoms with Gasteiger partial charge in [-0.05, 0) is 45.7 Å². The van der Waals surface area contributed by atoms with Crippen molar-refractivity contribution in [3.63, 3.8) is 0 Å². The third-order valence-electron chi connectivity index (χ3n) is 2.90. The summed E-state index contributed by atoms with van der Waals surface area (Å²) in [5.41, 5.74) is 1.94. The van der Waals surface area contributed by atoms with Crippen LogP contribution in [0.2, 0.25) is 0 Å². The lowest BCUT2D eigenvalue weighted by Crippen LogP contribution is -2.26. The molecule has 22 heavy (non-hydrogen) atoms. The van der Waals surface area contributed by atoms with Gasteiger partial charge in [-0.25, -0.2) is 4.79 Å². The van der Waals surface area contributed by atoms with Gasteiger partial charge in [0.15, 0.2) is 6.10 Å². The average molecular weight is 326 g/mol. The third kappa shape index (κ3) is 5.99. The summed E-state index contributed by atoms with van der Waals surface area (Å²) in [5.74, 6) is -0.697. The van der Waals surface area contributed by atoms with Gasteiger partial charge < -0.3 is 4.74 Å². The largest absolute Gasteiger partial charge is 0.464 e. The van der Waals surface area contributed by atoms with E-state index in [2.05, 4.69) is 6.58 Å². The quantitative estimate of drug-likeness (QED) is 0.318. The highest BCUT2D eigenvalue weighted by atomic mass is 32.2. The fraction of sp³-hybridized carbons (Fsp3) is 0.438. The van der Waals surface area contributed by atoms with E-state index in [-0.39, 0.29) is 11.5 Å². The van der Waals surface area contributed by atoms with Crippen molar-refractivity contribution in [2.45, 2.75) is 44.6 Å². The summed E-state index contributed by atoms with van der Waals surface area (Å²) < 4.78 is 33.9. The molecule has 0 spiro atoms. The van der Waals surface area contributed by atoms with Crippen LogP contribution in [0.1, 0.15) is 32.3 Å². The molecule has 0 bridgehead atoms. The topological polar surface area (TPSA) is 69.7 Å². The van der Waals surface area contributed by atoms with Gasteiger partial charge in [-0.3, -0.25) is 4.18 Å². The second kappa shape index (κ2) is 8.10. The minimum atomic E-state index is -3.98. The number of esters is 1. The maximum atomic E-state index is 12.0. The van der Waals surface area contributed by atoms with Gasteiger partial charge in [-0.15, -0.1) is 6.58 Å². The van der Waals surface area contributed by atoms with Gasteiger partial charge in [0.25, 0.3) is 10.1 Å². The summed E-state index contributed by atoms with van der Waals surface area (Å²) in [7, 11) is -3.98. The van der Waals surface area contributed by atoms with Crippen molar-refractivity contribution in [3.8, 4) is 0 Å². The summed E-state index contributed by atoms with van der Waals surface area (Å²) in [4.78, 5) is 11.7. The third-order valence-corrected chi connectivity index (χ3v) is 4.30. The molecule has 0 N–H and O–H groups in total. The zero-order chi connectivity index (χ0) is 16.8. The van der Waals surface area contributed by atoms with Crippen LogP contribution in [-0.2, 0) is 23.8 Å². The van der Waals surface area contributed by atoms with Crippen molar-refractivity contribution < 1.29 is 22.1 Å². The molecule has 5 nitrogen and oxygen atoms in total. The monoisotopic (exact) mass is 326 g/mol. The number of allylic oxidation sites excluding steroid dienone is 1. The lowest BCUT2D eigenvalue weighted by atomic mass is 10.2. The molecule has 0 saturated carbocycles. The lowest BCUT2D eigenvalue weighted by molar-refractivity contribution is -0.151. The van der Waals surface area contributed by atoms with E-state index in [1.54, 1.807) is 12.1 Å². The van der Waals surface area contributed by atoms with Crippen LogP contribution in [0.3, 0.4) is 0 Å². The number of carbonyl (C=O) groups is 1. The van der Waals surface area contributed by atoms with E-state index in [0.29, 0.717) is 6.42 Å². The zero-order valence-corrected chi connectivity index (χ0v) is 14.0. The first-order chi connectivity index (χ1) is 10.2. The SMILES string of the molecule is C=C(C)CCCOC(=O)C(C)OS(=O)(=O)c1ccc(C)cc1. The predicted octanol–water partition coefficient (Wildman–Crippen LogP) is 2.99. The van der Waals surface area contributed by atoms with Crippen molar-refractivity contribution in [3.05, 3.63) is 42.0 Å². The van der Waals surface area contributed by atoms with Gasteiger partial charge in [-0.2, -0.15) is 8.42 Å². The Morgan fingerprint density at radius 2 is 1.86 bits per heavy atom. The molecule has 0 saturated heterocycles. The molecular weight excluding hydrogens is 304 g/mol. The molecule has 0 aliphatic carbocycles. The number of hydrogen-bond donors (Lipinski definition) is 0. The summed E-state index contributed by atoms with van der Waals surface area (Å²) in [6.45, 7) is 9.06. The molecule has 0 aliphatic rings. The Bertz CT molecular complexity index is 616. The summed E-state index contributed by atoms with van der Waals surface area (Å²) in [6, 6.07) is 6.21. The second-order valence-corrected chi connectivity index (χ2v) is 6.81. The molecule has 1 atom stereocenters. The first kappa shape index (κ1) is 18.4. The van der Waals surface area contributed by atoms with E-state index in [1.165, 1.54) is 19.1 Å². The van der Waals surface area contributed by atoms with Crippen LogP contribution in [0.4, 0.5) is 0 Å². The Morgan fingerprint density at radius 1 is 1.27 bits per heavy atom. The van der Waals surface area contributed by atoms with E-state index < -0.39 is 22.2 Å². The van der Waals surface area contributed by atoms with E-state index >= 15 is 0 Å². The average Bonchev–Trinajstić information content (AvgIpc) is 2.43. The van der Waals surface area contributed by atoms with Crippen LogP contribution in [-0.4, -0.2) is 27.1 Å². The van der Waals surface area contributed by atoms with E-state index in [4.69, 9.17) is 8.92 Å². The minimum absolute atomic E-state index is 0.0139. The Morgan fingerprint density at radius 3 is 2.41 bits per heavy atom. The van der Waals surface area contributed by atoms with Crippen LogP contribution in [0, 0.1) is 6.92 Å². The van der Waals surface area contributed by atoms with Crippen LogP contribution in [0.5, 0.6) is 0 Å². The molecule has 0 aliphatic heterocycles. The number of hydrogen-bond acceptors (Lipinski definition) is 5. The Kier molecular flexibility index (Phi) is 6.77. The maximum Gasteiger partial charge on any atom is 0.336 e. The van der Waals surface area contributed by atoms with E-state index in [0.717, 1.165) is 17.6 Å². The van der Waals surface area contributed by atoms with Crippen molar-refractivity contribution >= 4 is 16.1 Å². The van der Waals surface area contributed by atoms with Gasteiger partial charge >= 0.3 is 5.97 Å². The summed E-state index contributed by atoms with van der Waals surface area (Å²) >= 11 is 0. The van der Waals surface area contributed by atoms with E-state index in [9.17, 15) is 13.2 Å². The van der Waals surface area contributed by atoms with Crippen LogP contribution in [0.25, 0.3) is 0 Å². The standard InChI is InChI=1S/C16H22O5S/c1-12(2)6-5-11-20-16(17)14(4)21-22(18,19)15-9-7-13(3)8-10-15/h7-10,14H,1,5-6,11H2,2-4H3. The Balaban J connectivity index is 2.55. The van der Waals surface area contributed by atoms with Gasteiger partial charge in [0.2, 0.25) is 0 Å². The molecule has 0 heterocycles. The van der Waals surface area contributed by atoms with Crippen molar-refractivity contribution in [2.75, 3.05) is 6.61 Å². The lowest BCUT2D eigenvalue weighted by Gasteiger charge is -2.13. The first-order valence-corrected chi connectivity index (χ1v) is 8.44. The Labute approximate surface area is 132 Å². The fourth-order valence-corrected chi connectivity index (χ4v) is 2.69. The Hall–Kier alpha value is -1.66. The van der Waals surface area contributed by atoms with E-state index in [1.807, 2.05) is 13.8 Å². The van der Waals surface area contributed by atoms with Crippen molar-refractivity contribution in [1.82, 2.24) is 0 Å². The normalized spacial score (nSPS) is 12.7. The molecule has 1 aromatic rings. The second-order valence-electron chi connectivity index (χ2n) is 5.23. The number of aryl methyl sites for hydroxylation is 1. The van der Waals surface area contributed by atoms with Crippen molar-refractivity contribution in [2.24, 2.45) is 0 Å². The molecule has 0 radical (unpaired) electrons. The number of ether oxygens (including phenoxy) is 1. The number of benzene rings is 1. The van der Waals surface area contributed by atoms with Crippen molar-refractivity contribution in [1.29, 1.82) is 0 Å². The highest BCUT2D eigenvalue weighted by molar-refractivity contribution is 7.86. The molecule has 6 heteroatoms. The molecule has 0 aromatic heterocycles. The first-order valence-electron chi connectivity index (χ1n) is 7.03. The predicted molar refractivity (Wildman–Crippen MR) is 83.9 cm³/mol. The van der Waals surface area contributed by atoms with Gasteiger partial charge in [0.05, 0.1) is 11.5 Å². The number of rotatable bonds is 8. The van der Waals surface area contributed by atoms with Gasteiger partial charge in [0, 0.05) is 0 Å². The smallest absolute Gasteiger partial charge is 0.336 e. The van der Waals surface area contributed by atoms with Crippen LogP contribution >= 0.6 is 0 Å². The molecule has 1 aromatic carbocycles.